The summed E-state index contributed by atoms with van der Waals surface area (Å²) >= 11 is 0. The summed E-state index contributed by atoms with van der Waals surface area (Å²) in [5.74, 6) is 1.75. The average Bonchev–Trinajstić information content (AvgIpc) is 2.87. The van der Waals surface area contributed by atoms with Gasteiger partial charge in [0.05, 0.1) is 0 Å². The maximum Gasteiger partial charge on any atom is 0.139 e. The van der Waals surface area contributed by atoms with Crippen molar-refractivity contribution >= 4 is 0 Å². The Hall–Kier alpha value is -4.10. The van der Waals surface area contributed by atoms with E-state index in [2.05, 4.69) is 103 Å². The highest BCUT2D eigenvalue weighted by molar-refractivity contribution is 5.89. The van der Waals surface area contributed by atoms with E-state index in [1.165, 1.54) is 22.3 Å². The Morgan fingerprint density at radius 2 is 1.00 bits per heavy atom. The van der Waals surface area contributed by atoms with Gasteiger partial charge in [0.2, 0.25) is 0 Å². The zero-order valence-corrected chi connectivity index (χ0v) is 17.8. The maximum atomic E-state index is 6.63. The molecule has 5 aromatic rings. The molecule has 154 valence electrons. The minimum atomic E-state index is 0.803. The molecule has 1 heteroatoms. The van der Waals surface area contributed by atoms with Crippen LogP contribution in [-0.2, 0) is 6.42 Å². The molecule has 32 heavy (non-hydrogen) atoms. The van der Waals surface area contributed by atoms with Gasteiger partial charge in [-0.05, 0) is 39.9 Å². The molecule has 0 fully saturated rings. The lowest BCUT2D eigenvalue weighted by molar-refractivity contribution is 0.479. The second-order valence-electron chi connectivity index (χ2n) is 7.79. The fourth-order valence-corrected chi connectivity index (χ4v) is 4.05. The Labute approximate surface area is 189 Å². The highest BCUT2D eigenvalue weighted by Crippen LogP contribution is 2.44. The van der Waals surface area contributed by atoms with E-state index in [0.717, 1.165) is 29.0 Å². The third kappa shape index (κ3) is 4.33. The number of para-hydroxylation sites is 1. The van der Waals surface area contributed by atoms with Crippen molar-refractivity contribution in [1.82, 2.24) is 0 Å². The van der Waals surface area contributed by atoms with Gasteiger partial charge in [0.25, 0.3) is 0 Å². The van der Waals surface area contributed by atoms with Crippen LogP contribution in [0.4, 0.5) is 0 Å². The average molecular weight is 413 g/mol. The van der Waals surface area contributed by atoms with E-state index >= 15 is 0 Å². The quantitative estimate of drug-likeness (QED) is 0.272. The number of benzene rings is 5. The second kappa shape index (κ2) is 9.36. The fraction of sp³-hybridized carbons (Fsp3) is 0.0323. The molecule has 0 aliphatic rings. The van der Waals surface area contributed by atoms with Crippen LogP contribution in [-0.4, -0.2) is 0 Å². The predicted octanol–water partition coefficient (Wildman–Crippen LogP) is 8.40. The molecule has 0 bridgehead atoms. The SMILES string of the molecule is c1ccc(Cc2ccc(-c3ccccc3)c(-c3ccccc3)c2Oc2ccccc2)cc1. The molecule has 0 aromatic heterocycles. The smallest absolute Gasteiger partial charge is 0.139 e. The van der Waals surface area contributed by atoms with Crippen LogP contribution in [0.3, 0.4) is 0 Å². The summed E-state index contributed by atoms with van der Waals surface area (Å²) in [6.45, 7) is 0. The standard InChI is InChI=1S/C31H24O/c1-5-13-24(14-6-1)23-27-21-22-29(25-15-7-2-8-16-25)30(26-17-9-3-10-18-26)31(27)32-28-19-11-4-12-20-28/h1-22H,23H2. The van der Waals surface area contributed by atoms with Crippen LogP contribution in [0.5, 0.6) is 11.5 Å². The van der Waals surface area contributed by atoms with E-state index in [0.29, 0.717) is 0 Å². The fourth-order valence-electron chi connectivity index (χ4n) is 4.05. The first kappa shape index (κ1) is 19.8. The van der Waals surface area contributed by atoms with Crippen LogP contribution >= 0.6 is 0 Å². The highest BCUT2D eigenvalue weighted by Gasteiger charge is 2.19. The van der Waals surface area contributed by atoms with Crippen molar-refractivity contribution in [2.75, 3.05) is 0 Å². The van der Waals surface area contributed by atoms with Gasteiger partial charge in [0.15, 0.2) is 0 Å². The molecule has 0 radical (unpaired) electrons. The summed E-state index contributed by atoms with van der Waals surface area (Å²) in [5.41, 5.74) is 7.03. The van der Waals surface area contributed by atoms with Gasteiger partial charge in [-0.15, -0.1) is 0 Å². The third-order valence-corrected chi connectivity index (χ3v) is 5.59. The van der Waals surface area contributed by atoms with Crippen molar-refractivity contribution < 1.29 is 4.74 Å². The van der Waals surface area contributed by atoms with Gasteiger partial charge < -0.3 is 4.74 Å². The Kier molecular flexibility index (Phi) is 5.80. The number of ether oxygens (including phenoxy) is 1. The molecule has 0 aliphatic carbocycles. The topological polar surface area (TPSA) is 9.23 Å². The van der Waals surface area contributed by atoms with Gasteiger partial charge in [-0.1, -0.05) is 121 Å². The normalized spacial score (nSPS) is 10.6. The van der Waals surface area contributed by atoms with Gasteiger partial charge in [0.1, 0.15) is 11.5 Å². The van der Waals surface area contributed by atoms with Crippen LogP contribution in [0.15, 0.2) is 133 Å². The summed E-state index contributed by atoms with van der Waals surface area (Å²) in [7, 11) is 0. The lowest BCUT2D eigenvalue weighted by Gasteiger charge is -2.20. The molecular weight excluding hydrogens is 388 g/mol. The molecule has 0 N–H and O–H groups in total. The van der Waals surface area contributed by atoms with Crippen LogP contribution in [0.2, 0.25) is 0 Å². The Morgan fingerprint density at radius 3 is 1.62 bits per heavy atom. The van der Waals surface area contributed by atoms with Gasteiger partial charge in [0, 0.05) is 12.0 Å². The molecule has 0 unspecified atom stereocenters. The molecule has 0 saturated heterocycles. The largest absolute Gasteiger partial charge is 0.456 e. The number of rotatable bonds is 6. The van der Waals surface area contributed by atoms with Crippen LogP contribution < -0.4 is 4.74 Å². The van der Waals surface area contributed by atoms with Crippen LogP contribution in [0.1, 0.15) is 11.1 Å². The molecule has 0 spiro atoms. The first-order valence-electron chi connectivity index (χ1n) is 10.9. The van der Waals surface area contributed by atoms with E-state index < -0.39 is 0 Å². The lowest BCUT2D eigenvalue weighted by Crippen LogP contribution is -1.99. The number of hydrogen-bond acceptors (Lipinski definition) is 1. The zero-order valence-electron chi connectivity index (χ0n) is 17.8. The first-order chi connectivity index (χ1) is 15.9. The molecule has 0 aliphatic heterocycles. The third-order valence-electron chi connectivity index (χ3n) is 5.59. The summed E-state index contributed by atoms with van der Waals surface area (Å²) in [5, 5.41) is 0. The van der Waals surface area contributed by atoms with E-state index in [4.69, 9.17) is 4.74 Å². The summed E-state index contributed by atoms with van der Waals surface area (Å²) in [6, 6.07) is 46.1. The molecule has 5 rings (SSSR count). The highest BCUT2D eigenvalue weighted by atomic mass is 16.5. The molecule has 0 amide bonds. The molecule has 0 heterocycles. The van der Waals surface area contributed by atoms with E-state index in [9.17, 15) is 0 Å². The predicted molar refractivity (Wildman–Crippen MR) is 133 cm³/mol. The van der Waals surface area contributed by atoms with Crippen molar-refractivity contribution in [3.8, 4) is 33.8 Å². The monoisotopic (exact) mass is 412 g/mol. The van der Waals surface area contributed by atoms with Crippen molar-refractivity contribution in [3.63, 3.8) is 0 Å². The molecule has 0 saturated carbocycles. The summed E-state index contributed by atoms with van der Waals surface area (Å²) in [4.78, 5) is 0. The number of hydrogen-bond donors (Lipinski definition) is 0. The van der Waals surface area contributed by atoms with Gasteiger partial charge in [-0.3, -0.25) is 0 Å². The van der Waals surface area contributed by atoms with Crippen molar-refractivity contribution in [2.24, 2.45) is 0 Å². The summed E-state index contributed by atoms with van der Waals surface area (Å²) < 4.78 is 6.63. The van der Waals surface area contributed by atoms with Gasteiger partial charge in [-0.2, -0.15) is 0 Å². The van der Waals surface area contributed by atoms with E-state index in [-0.39, 0.29) is 0 Å². The van der Waals surface area contributed by atoms with Crippen molar-refractivity contribution in [1.29, 1.82) is 0 Å². The minimum Gasteiger partial charge on any atom is -0.456 e. The maximum absolute atomic E-state index is 6.63. The Balaban J connectivity index is 1.74. The Bertz CT molecular complexity index is 1280. The van der Waals surface area contributed by atoms with Gasteiger partial charge in [-0.25, -0.2) is 0 Å². The van der Waals surface area contributed by atoms with Crippen LogP contribution in [0, 0.1) is 0 Å². The molecule has 0 atom stereocenters. The second-order valence-corrected chi connectivity index (χ2v) is 7.79. The van der Waals surface area contributed by atoms with E-state index in [1.807, 2.05) is 30.3 Å². The summed E-state index contributed by atoms with van der Waals surface area (Å²) in [6.07, 6.45) is 0.803. The van der Waals surface area contributed by atoms with E-state index in [1.54, 1.807) is 0 Å². The van der Waals surface area contributed by atoms with Crippen molar-refractivity contribution in [2.45, 2.75) is 6.42 Å². The van der Waals surface area contributed by atoms with Crippen molar-refractivity contribution in [3.05, 3.63) is 145 Å². The van der Waals surface area contributed by atoms with Crippen LogP contribution in [0.25, 0.3) is 22.3 Å². The molecular formula is C31H24O. The lowest BCUT2D eigenvalue weighted by atomic mass is 9.90. The zero-order chi connectivity index (χ0) is 21.6. The molecule has 1 nitrogen and oxygen atoms in total. The minimum absolute atomic E-state index is 0.803. The first-order valence-corrected chi connectivity index (χ1v) is 10.9. The van der Waals surface area contributed by atoms with Gasteiger partial charge >= 0.3 is 0 Å². The Morgan fingerprint density at radius 1 is 0.469 bits per heavy atom. The molecule has 5 aromatic carbocycles.